The van der Waals surface area contributed by atoms with Crippen LogP contribution in [0.2, 0.25) is 0 Å². The average molecular weight is 375 g/mol. The summed E-state index contributed by atoms with van der Waals surface area (Å²) in [5.41, 5.74) is 3.22. The van der Waals surface area contributed by atoms with E-state index in [4.69, 9.17) is 0 Å². The number of aromatic nitrogens is 2. The van der Waals surface area contributed by atoms with E-state index in [1.54, 1.807) is 7.05 Å². The van der Waals surface area contributed by atoms with Crippen LogP contribution in [0.3, 0.4) is 0 Å². The highest BCUT2D eigenvalue weighted by molar-refractivity contribution is 6.39. The first-order valence-electron chi connectivity index (χ1n) is 9.23. The lowest BCUT2D eigenvalue weighted by Crippen LogP contribution is -2.40. The summed E-state index contributed by atoms with van der Waals surface area (Å²) < 4.78 is 0. The van der Waals surface area contributed by atoms with E-state index in [2.05, 4.69) is 20.4 Å². The average Bonchev–Trinajstić information content (AvgIpc) is 3.14. The van der Waals surface area contributed by atoms with Gasteiger partial charge in [-0.2, -0.15) is 5.10 Å². The monoisotopic (exact) mass is 375 g/mol. The van der Waals surface area contributed by atoms with Crippen molar-refractivity contribution < 1.29 is 9.59 Å². The molecule has 2 aromatic carbocycles. The van der Waals surface area contributed by atoms with Crippen molar-refractivity contribution in [1.82, 2.24) is 20.3 Å². The Morgan fingerprint density at radius 2 is 1.89 bits per heavy atom. The number of benzene rings is 2. The molecular weight excluding hydrogens is 354 g/mol. The van der Waals surface area contributed by atoms with Gasteiger partial charge in [0.1, 0.15) is 11.5 Å². The Balaban J connectivity index is 1.62. The van der Waals surface area contributed by atoms with Crippen LogP contribution in [-0.2, 0) is 16.0 Å². The van der Waals surface area contributed by atoms with Crippen molar-refractivity contribution in [2.24, 2.45) is 5.10 Å². The third kappa shape index (κ3) is 3.78. The summed E-state index contributed by atoms with van der Waals surface area (Å²) in [5, 5.41) is 8.39. The van der Waals surface area contributed by atoms with Gasteiger partial charge in [0.05, 0.1) is 17.1 Å². The molecule has 7 heteroatoms. The first kappa shape index (κ1) is 17.9. The zero-order valence-corrected chi connectivity index (χ0v) is 15.6. The van der Waals surface area contributed by atoms with Crippen LogP contribution >= 0.6 is 0 Å². The molecule has 2 heterocycles. The van der Waals surface area contributed by atoms with Gasteiger partial charge in [0.15, 0.2) is 0 Å². The largest absolute Gasteiger partial charge is 0.341 e. The van der Waals surface area contributed by atoms with Crippen molar-refractivity contribution in [3.8, 4) is 0 Å². The first-order chi connectivity index (χ1) is 13.6. The lowest BCUT2D eigenvalue weighted by molar-refractivity contribution is -0.130. The summed E-state index contributed by atoms with van der Waals surface area (Å²) in [5.74, 6) is 0.328. The van der Waals surface area contributed by atoms with Crippen LogP contribution in [0.4, 0.5) is 0 Å². The van der Waals surface area contributed by atoms with Crippen LogP contribution in [0.5, 0.6) is 0 Å². The number of imidazole rings is 1. The summed E-state index contributed by atoms with van der Waals surface area (Å²) in [6, 6.07) is 17.4. The fourth-order valence-electron chi connectivity index (χ4n) is 3.28. The van der Waals surface area contributed by atoms with Gasteiger partial charge in [-0.3, -0.25) is 9.59 Å². The zero-order chi connectivity index (χ0) is 19.5. The van der Waals surface area contributed by atoms with Gasteiger partial charge in [-0.1, -0.05) is 42.5 Å². The van der Waals surface area contributed by atoms with E-state index in [0.29, 0.717) is 24.4 Å². The molecule has 1 aliphatic heterocycles. The van der Waals surface area contributed by atoms with Gasteiger partial charge in [-0.15, -0.1) is 0 Å². The number of amides is 2. The highest BCUT2D eigenvalue weighted by Crippen LogP contribution is 2.20. The summed E-state index contributed by atoms with van der Waals surface area (Å²) >= 11 is 0. The summed E-state index contributed by atoms with van der Waals surface area (Å²) in [6.45, 7) is 0. The molecule has 0 spiro atoms. The Morgan fingerprint density at radius 3 is 2.64 bits per heavy atom. The Hall–Kier alpha value is -3.48. The molecule has 4 rings (SSSR count). The molecule has 2 N–H and O–H groups in total. The molecule has 3 aromatic rings. The van der Waals surface area contributed by atoms with Crippen molar-refractivity contribution in [2.45, 2.75) is 25.3 Å². The quantitative estimate of drug-likeness (QED) is 0.718. The molecule has 0 saturated carbocycles. The fraction of sp³-hybridized carbons (Fsp3) is 0.238. The van der Waals surface area contributed by atoms with Crippen LogP contribution < -0.4 is 5.32 Å². The Kier molecular flexibility index (Phi) is 4.89. The number of hydrogen-bond donors (Lipinski definition) is 2. The fourth-order valence-corrected chi connectivity index (χ4v) is 3.28. The molecule has 0 fully saturated rings. The highest BCUT2D eigenvalue weighted by atomic mass is 16.2. The number of carbonyl (C=O) groups excluding carboxylic acids is 2. The number of aromatic amines is 1. The SMILES string of the molecule is CN1N=C(C(=O)N[C@@H](Cc2ccccc2)c2nc3ccccc3[nH]2)CCC1=O. The second kappa shape index (κ2) is 7.64. The highest BCUT2D eigenvalue weighted by Gasteiger charge is 2.25. The van der Waals surface area contributed by atoms with Crippen LogP contribution in [0.25, 0.3) is 11.0 Å². The molecule has 1 aliphatic rings. The Bertz CT molecular complexity index is 1010. The van der Waals surface area contributed by atoms with Crippen LogP contribution in [0, 0.1) is 0 Å². The molecule has 0 aliphatic carbocycles. The minimum absolute atomic E-state index is 0.0883. The second-order valence-electron chi connectivity index (χ2n) is 6.82. The molecule has 142 valence electrons. The number of hydrazone groups is 1. The molecule has 1 atom stereocenters. The minimum Gasteiger partial charge on any atom is -0.341 e. The molecule has 0 bridgehead atoms. The Morgan fingerprint density at radius 1 is 1.14 bits per heavy atom. The summed E-state index contributed by atoms with van der Waals surface area (Å²) in [4.78, 5) is 32.4. The van der Waals surface area contributed by atoms with Gasteiger partial charge in [-0.05, 0) is 24.1 Å². The van der Waals surface area contributed by atoms with Gasteiger partial charge >= 0.3 is 0 Å². The number of nitrogens with zero attached hydrogens (tertiary/aromatic N) is 3. The predicted octanol–water partition coefficient (Wildman–Crippen LogP) is 2.57. The number of nitrogens with one attached hydrogen (secondary N) is 2. The maximum atomic E-state index is 12.8. The van der Waals surface area contributed by atoms with Crippen molar-refractivity contribution in [2.75, 3.05) is 7.05 Å². The standard InChI is InChI=1S/C21H21N5O2/c1-26-19(27)12-11-17(25-26)21(28)24-18(13-14-7-3-2-4-8-14)20-22-15-9-5-6-10-16(15)23-20/h2-10,18H,11-13H2,1H3,(H,22,23)(H,24,28)/t18-/m0/s1. The maximum absolute atomic E-state index is 12.8. The first-order valence-corrected chi connectivity index (χ1v) is 9.23. The minimum atomic E-state index is -0.340. The number of carbonyl (C=O) groups is 2. The number of rotatable bonds is 5. The van der Waals surface area contributed by atoms with E-state index in [1.807, 2.05) is 54.6 Å². The predicted molar refractivity (Wildman–Crippen MR) is 107 cm³/mol. The molecule has 28 heavy (non-hydrogen) atoms. The number of fused-ring (bicyclic) bond motifs is 1. The van der Waals surface area contributed by atoms with E-state index in [0.717, 1.165) is 16.6 Å². The maximum Gasteiger partial charge on any atom is 0.268 e. The van der Waals surface area contributed by atoms with Gasteiger partial charge < -0.3 is 10.3 Å². The Labute approximate surface area is 162 Å². The molecule has 7 nitrogen and oxygen atoms in total. The van der Waals surface area contributed by atoms with E-state index < -0.39 is 0 Å². The molecule has 0 radical (unpaired) electrons. The van der Waals surface area contributed by atoms with Crippen molar-refractivity contribution in [1.29, 1.82) is 0 Å². The van der Waals surface area contributed by atoms with Crippen LogP contribution in [0.15, 0.2) is 59.7 Å². The van der Waals surface area contributed by atoms with E-state index in [9.17, 15) is 9.59 Å². The summed E-state index contributed by atoms with van der Waals surface area (Å²) in [7, 11) is 1.56. The van der Waals surface area contributed by atoms with E-state index in [-0.39, 0.29) is 24.3 Å². The number of para-hydroxylation sites is 2. The molecular formula is C21H21N5O2. The van der Waals surface area contributed by atoms with Crippen LogP contribution in [-0.4, -0.2) is 39.6 Å². The van der Waals surface area contributed by atoms with Crippen molar-refractivity contribution >= 4 is 28.6 Å². The van der Waals surface area contributed by atoms with E-state index in [1.165, 1.54) is 5.01 Å². The zero-order valence-electron chi connectivity index (χ0n) is 15.6. The normalized spacial score (nSPS) is 15.4. The van der Waals surface area contributed by atoms with Crippen molar-refractivity contribution in [3.63, 3.8) is 0 Å². The van der Waals surface area contributed by atoms with Crippen LogP contribution in [0.1, 0.15) is 30.3 Å². The molecule has 0 saturated heterocycles. The lowest BCUT2D eigenvalue weighted by atomic mass is 10.0. The van der Waals surface area contributed by atoms with E-state index >= 15 is 0 Å². The van der Waals surface area contributed by atoms with Gasteiger partial charge in [0, 0.05) is 19.9 Å². The molecule has 2 amide bonds. The van der Waals surface area contributed by atoms with Gasteiger partial charge in [0.25, 0.3) is 5.91 Å². The van der Waals surface area contributed by atoms with Gasteiger partial charge in [0.2, 0.25) is 5.91 Å². The number of H-pyrrole nitrogens is 1. The third-order valence-electron chi connectivity index (χ3n) is 4.80. The van der Waals surface area contributed by atoms with Gasteiger partial charge in [-0.25, -0.2) is 9.99 Å². The van der Waals surface area contributed by atoms with Crippen molar-refractivity contribution in [3.05, 3.63) is 66.0 Å². The lowest BCUT2D eigenvalue weighted by Gasteiger charge is -2.21. The third-order valence-corrected chi connectivity index (χ3v) is 4.80. The second-order valence-corrected chi connectivity index (χ2v) is 6.82. The molecule has 1 aromatic heterocycles. The number of hydrogen-bond acceptors (Lipinski definition) is 4. The summed E-state index contributed by atoms with van der Waals surface area (Å²) in [6.07, 6.45) is 1.22. The smallest absolute Gasteiger partial charge is 0.268 e. The topological polar surface area (TPSA) is 90.4 Å². The molecule has 0 unspecified atom stereocenters.